The highest BCUT2D eigenvalue weighted by atomic mass is 32.2. The van der Waals surface area contributed by atoms with E-state index in [1.165, 1.54) is 11.8 Å². The Kier molecular flexibility index (Phi) is 4.66. The number of rotatable bonds is 5. The van der Waals surface area contributed by atoms with E-state index < -0.39 is 0 Å². The average Bonchev–Trinajstić information content (AvgIpc) is 3.03. The highest BCUT2D eigenvalue weighted by molar-refractivity contribution is 7.99. The number of thioether (sulfide) groups is 1. The quantitative estimate of drug-likeness (QED) is 0.707. The molecule has 2 N–H and O–H groups in total. The van der Waals surface area contributed by atoms with E-state index in [9.17, 15) is 0 Å². The number of hydrogen-bond donors (Lipinski definition) is 1. The molecule has 0 radical (unpaired) electrons. The van der Waals surface area contributed by atoms with Crippen LogP contribution in [0.1, 0.15) is 18.0 Å². The zero-order chi connectivity index (χ0) is 17.1. The molecular formula is C16H18N6OS. The maximum absolute atomic E-state index is 5.77. The summed E-state index contributed by atoms with van der Waals surface area (Å²) in [6.07, 6.45) is 1.65. The van der Waals surface area contributed by atoms with Crippen LogP contribution in [0.3, 0.4) is 0 Å². The lowest BCUT2D eigenvalue weighted by Gasteiger charge is -2.13. The second-order valence-electron chi connectivity index (χ2n) is 5.37. The van der Waals surface area contributed by atoms with Crippen molar-refractivity contribution in [1.29, 1.82) is 0 Å². The summed E-state index contributed by atoms with van der Waals surface area (Å²) in [6, 6.07) is 9.89. The highest BCUT2D eigenvalue weighted by Crippen LogP contribution is 2.34. The summed E-state index contributed by atoms with van der Waals surface area (Å²) in [5.74, 6) is 1.33. The van der Waals surface area contributed by atoms with Gasteiger partial charge in [-0.15, -0.1) is 0 Å². The van der Waals surface area contributed by atoms with E-state index in [4.69, 9.17) is 10.2 Å². The lowest BCUT2D eigenvalue weighted by atomic mass is 10.2. The fraction of sp³-hybridized carbons (Fsp3) is 0.250. The molecule has 0 spiro atoms. The van der Waals surface area contributed by atoms with Gasteiger partial charge < -0.3 is 15.1 Å². The topological polar surface area (TPSA) is 94.0 Å². The van der Waals surface area contributed by atoms with Gasteiger partial charge in [0.2, 0.25) is 11.9 Å². The van der Waals surface area contributed by atoms with Crippen molar-refractivity contribution in [3.63, 3.8) is 0 Å². The fourth-order valence-electron chi connectivity index (χ4n) is 2.04. The standard InChI is InChI=1S/C16H18N6OS/c1-10(13-19-14(17)21-15(20-13)22(2)3)24-16-18-12(9-23-16)11-7-5-4-6-8-11/h4-10H,1-3H3,(H2,17,19,20,21)/t10-/m0/s1. The Bertz CT molecular complexity index is 820. The van der Waals surface area contributed by atoms with Gasteiger partial charge in [0.15, 0.2) is 0 Å². The fourth-order valence-corrected chi connectivity index (χ4v) is 2.80. The lowest BCUT2D eigenvalue weighted by Crippen LogP contribution is -2.16. The predicted octanol–water partition coefficient (Wildman–Crippen LogP) is 3.03. The molecule has 0 unspecified atom stereocenters. The van der Waals surface area contributed by atoms with Gasteiger partial charge in [-0.2, -0.15) is 15.0 Å². The van der Waals surface area contributed by atoms with E-state index in [-0.39, 0.29) is 11.2 Å². The molecule has 0 aliphatic carbocycles. The third-order valence-electron chi connectivity index (χ3n) is 3.25. The van der Waals surface area contributed by atoms with Crippen molar-refractivity contribution in [1.82, 2.24) is 19.9 Å². The molecule has 0 bridgehead atoms. The second kappa shape index (κ2) is 6.88. The molecular weight excluding hydrogens is 324 g/mol. The number of aromatic nitrogens is 4. The first-order valence-electron chi connectivity index (χ1n) is 7.39. The van der Waals surface area contributed by atoms with Gasteiger partial charge in [0, 0.05) is 19.7 Å². The monoisotopic (exact) mass is 342 g/mol. The van der Waals surface area contributed by atoms with Crippen LogP contribution in [0.15, 0.2) is 46.2 Å². The van der Waals surface area contributed by atoms with Crippen molar-refractivity contribution in [2.24, 2.45) is 0 Å². The molecule has 3 rings (SSSR count). The molecule has 24 heavy (non-hydrogen) atoms. The van der Waals surface area contributed by atoms with Gasteiger partial charge >= 0.3 is 0 Å². The van der Waals surface area contributed by atoms with Crippen LogP contribution in [0.4, 0.5) is 11.9 Å². The first-order chi connectivity index (χ1) is 11.5. The SMILES string of the molecule is C[C@H](Sc1nc(-c2ccccc2)co1)c1nc(N)nc(N(C)C)n1. The van der Waals surface area contributed by atoms with Gasteiger partial charge in [0.25, 0.3) is 5.22 Å². The zero-order valence-electron chi connectivity index (χ0n) is 13.7. The van der Waals surface area contributed by atoms with Crippen LogP contribution < -0.4 is 10.6 Å². The molecule has 124 valence electrons. The van der Waals surface area contributed by atoms with E-state index in [0.29, 0.717) is 17.0 Å². The van der Waals surface area contributed by atoms with Crippen LogP contribution in [0.25, 0.3) is 11.3 Å². The Morgan fingerprint density at radius 2 is 1.83 bits per heavy atom. The molecule has 3 aromatic rings. The van der Waals surface area contributed by atoms with Crippen LogP contribution in [0, 0.1) is 0 Å². The molecule has 0 saturated carbocycles. The molecule has 0 aliphatic rings. The van der Waals surface area contributed by atoms with E-state index in [0.717, 1.165) is 11.3 Å². The summed E-state index contributed by atoms with van der Waals surface area (Å²) < 4.78 is 5.56. The first-order valence-corrected chi connectivity index (χ1v) is 8.27. The maximum atomic E-state index is 5.77. The molecule has 0 aliphatic heterocycles. The molecule has 1 aromatic carbocycles. The van der Waals surface area contributed by atoms with E-state index in [1.807, 2.05) is 51.4 Å². The second-order valence-corrected chi connectivity index (χ2v) is 6.66. The number of nitrogen functional groups attached to an aromatic ring is 1. The predicted molar refractivity (Wildman–Crippen MR) is 94.8 cm³/mol. The van der Waals surface area contributed by atoms with Crippen molar-refractivity contribution >= 4 is 23.7 Å². The third kappa shape index (κ3) is 3.65. The van der Waals surface area contributed by atoms with Gasteiger partial charge in [0.05, 0.1) is 5.25 Å². The lowest BCUT2D eigenvalue weighted by molar-refractivity contribution is 0.453. The average molecular weight is 342 g/mol. The first kappa shape index (κ1) is 16.3. The van der Waals surface area contributed by atoms with Crippen molar-refractivity contribution in [3.05, 3.63) is 42.4 Å². The summed E-state index contributed by atoms with van der Waals surface area (Å²) in [4.78, 5) is 19.0. The minimum atomic E-state index is -0.0729. The number of hydrogen-bond acceptors (Lipinski definition) is 8. The van der Waals surface area contributed by atoms with Crippen molar-refractivity contribution < 1.29 is 4.42 Å². The number of nitrogens with two attached hydrogens (primary N) is 1. The van der Waals surface area contributed by atoms with Gasteiger partial charge in [-0.1, -0.05) is 42.1 Å². The van der Waals surface area contributed by atoms with Crippen LogP contribution in [-0.4, -0.2) is 34.0 Å². The Morgan fingerprint density at radius 3 is 2.54 bits per heavy atom. The normalized spacial score (nSPS) is 12.1. The summed E-state index contributed by atoms with van der Waals surface area (Å²) >= 11 is 1.44. The van der Waals surface area contributed by atoms with Gasteiger partial charge in [-0.05, 0) is 6.92 Å². The summed E-state index contributed by atoms with van der Waals surface area (Å²) in [6.45, 7) is 1.98. The third-order valence-corrected chi connectivity index (χ3v) is 4.21. The highest BCUT2D eigenvalue weighted by Gasteiger charge is 2.17. The minimum Gasteiger partial charge on any atom is -0.439 e. The van der Waals surface area contributed by atoms with E-state index in [1.54, 1.807) is 11.2 Å². The molecule has 0 fully saturated rings. The Morgan fingerprint density at radius 1 is 1.08 bits per heavy atom. The number of benzene rings is 1. The molecule has 7 nitrogen and oxygen atoms in total. The summed E-state index contributed by atoms with van der Waals surface area (Å²) in [7, 11) is 3.72. The largest absolute Gasteiger partial charge is 0.439 e. The zero-order valence-corrected chi connectivity index (χ0v) is 14.5. The number of nitrogens with zero attached hydrogens (tertiary/aromatic N) is 5. The van der Waals surface area contributed by atoms with Gasteiger partial charge in [-0.25, -0.2) is 4.98 Å². The Balaban J connectivity index is 1.78. The van der Waals surface area contributed by atoms with Crippen LogP contribution in [0.2, 0.25) is 0 Å². The molecule has 2 aromatic heterocycles. The molecule has 0 amide bonds. The van der Waals surface area contributed by atoms with Crippen LogP contribution in [0.5, 0.6) is 0 Å². The Hall–Kier alpha value is -2.61. The van der Waals surface area contributed by atoms with E-state index >= 15 is 0 Å². The Labute approximate surface area is 144 Å². The van der Waals surface area contributed by atoms with Crippen molar-refractivity contribution in [2.45, 2.75) is 17.4 Å². The van der Waals surface area contributed by atoms with Crippen molar-refractivity contribution in [3.8, 4) is 11.3 Å². The minimum absolute atomic E-state index is 0.0729. The van der Waals surface area contributed by atoms with Gasteiger partial charge in [-0.3, -0.25) is 0 Å². The smallest absolute Gasteiger partial charge is 0.256 e. The van der Waals surface area contributed by atoms with Gasteiger partial charge in [0.1, 0.15) is 17.8 Å². The summed E-state index contributed by atoms with van der Waals surface area (Å²) in [5, 5.41) is 0.489. The molecule has 8 heteroatoms. The summed E-state index contributed by atoms with van der Waals surface area (Å²) in [5.41, 5.74) is 7.59. The van der Waals surface area contributed by atoms with E-state index in [2.05, 4.69) is 19.9 Å². The van der Waals surface area contributed by atoms with Crippen LogP contribution >= 0.6 is 11.8 Å². The number of anilines is 2. The maximum Gasteiger partial charge on any atom is 0.256 e. The number of oxazole rings is 1. The molecule has 2 heterocycles. The molecule has 0 saturated heterocycles. The molecule has 1 atom stereocenters. The van der Waals surface area contributed by atoms with Crippen molar-refractivity contribution in [2.75, 3.05) is 24.7 Å². The van der Waals surface area contributed by atoms with Crippen LogP contribution in [-0.2, 0) is 0 Å².